The van der Waals surface area contributed by atoms with Gasteiger partial charge in [-0.05, 0) is 0 Å². The molecule has 0 aliphatic carbocycles. The fourth-order valence-electron chi connectivity index (χ4n) is 0. The fraction of sp³-hybridized carbons (Fsp3) is 0.667. The molecule has 0 aliphatic heterocycles. The molecule has 0 rings (SSSR count). The van der Waals surface area contributed by atoms with Crippen molar-refractivity contribution in [1.82, 2.24) is 0 Å². The normalized spacial score (nSPS) is 6.17. The van der Waals surface area contributed by atoms with Gasteiger partial charge in [-0.25, -0.2) is 0 Å². The third kappa shape index (κ3) is 8.83. The van der Waals surface area contributed by atoms with Gasteiger partial charge in [-0.15, -0.1) is 0 Å². The molecule has 3 heteroatoms. The van der Waals surface area contributed by atoms with Crippen molar-refractivity contribution >= 4 is 5.97 Å². The van der Waals surface area contributed by atoms with Crippen LogP contribution in [0, 0.1) is 37.3 Å². The average Bonchev–Trinajstić information content (AvgIpc) is 1.38. The van der Waals surface area contributed by atoms with Crippen LogP contribution in [0.1, 0.15) is 13.3 Å². The van der Waals surface area contributed by atoms with Gasteiger partial charge in [0.15, 0.2) is 0 Å². The Labute approximate surface area is 66.1 Å². The minimum atomic E-state index is -0.745. The van der Waals surface area contributed by atoms with Crippen LogP contribution in [-0.2, 0) is 4.79 Å². The SMILES string of the molecule is CCC(=O)O.[Er]. The second-order valence-corrected chi connectivity index (χ2v) is 0.747. The zero-order valence-electron chi connectivity index (χ0n) is 3.35. The number of carboxylic acid groups (broad SMARTS) is 1. The number of carbonyl (C=O) groups is 1. The van der Waals surface area contributed by atoms with Gasteiger partial charge in [0.05, 0.1) is 0 Å². The molecule has 0 fully saturated rings. The number of carboxylic acids is 1. The Morgan fingerprint density at radius 1 is 1.83 bits per heavy atom. The summed E-state index contributed by atoms with van der Waals surface area (Å²) in [5.74, 6) is -0.745. The van der Waals surface area contributed by atoms with Crippen LogP contribution in [0.15, 0.2) is 0 Å². The van der Waals surface area contributed by atoms with E-state index in [2.05, 4.69) is 0 Å². The van der Waals surface area contributed by atoms with E-state index in [0.717, 1.165) is 0 Å². The van der Waals surface area contributed by atoms with Gasteiger partial charge in [-0.3, -0.25) is 4.79 Å². The van der Waals surface area contributed by atoms with Gasteiger partial charge in [0, 0.05) is 43.7 Å². The number of rotatable bonds is 1. The molecule has 0 bridgehead atoms. The van der Waals surface area contributed by atoms with Crippen LogP contribution < -0.4 is 0 Å². The molecular weight excluding hydrogens is 235 g/mol. The van der Waals surface area contributed by atoms with Gasteiger partial charge in [-0.2, -0.15) is 0 Å². The standard InChI is InChI=1S/C3H6O2.Er/c1-2-3(4)5;/h2H2,1H3,(H,4,5);. The van der Waals surface area contributed by atoms with Crippen molar-refractivity contribution in [1.29, 1.82) is 0 Å². The van der Waals surface area contributed by atoms with Crippen LogP contribution in [0.25, 0.3) is 0 Å². The molecular formula is C3H6ErO2. The summed E-state index contributed by atoms with van der Waals surface area (Å²) in [7, 11) is 0. The largest absolute Gasteiger partial charge is 0.481 e. The molecule has 0 amide bonds. The molecule has 0 saturated carbocycles. The maximum absolute atomic E-state index is 9.37. The zero-order chi connectivity index (χ0) is 4.28. The Morgan fingerprint density at radius 2 is 2.00 bits per heavy atom. The van der Waals surface area contributed by atoms with E-state index in [1.165, 1.54) is 0 Å². The van der Waals surface area contributed by atoms with Crippen LogP contribution in [-0.4, -0.2) is 11.1 Å². The van der Waals surface area contributed by atoms with Gasteiger partial charge in [0.2, 0.25) is 0 Å². The molecule has 0 saturated heterocycles. The summed E-state index contributed by atoms with van der Waals surface area (Å²) in [6.07, 6.45) is 0.222. The van der Waals surface area contributed by atoms with Crippen LogP contribution in [0.2, 0.25) is 0 Å². The second kappa shape index (κ2) is 5.72. The topological polar surface area (TPSA) is 37.3 Å². The monoisotopic (exact) mass is 240 g/mol. The van der Waals surface area contributed by atoms with E-state index < -0.39 is 5.97 Å². The first-order chi connectivity index (χ1) is 2.27. The summed E-state index contributed by atoms with van der Waals surface area (Å²) < 4.78 is 0. The van der Waals surface area contributed by atoms with Crippen molar-refractivity contribution < 1.29 is 47.2 Å². The van der Waals surface area contributed by atoms with Crippen molar-refractivity contribution in [2.45, 2.75) is 13.3 Å². The van der Waals surface area contributed by atoms with Gasteiger partial charge in [0.1, 0.15) is 0 Å². The number of aliphatic carboxylic acids is 1. The molecule has 0 spiro atoms. The molecule has 0 radical (unpaired) electrons. The predicted molar refractivity (Wildman–Crippen MR) is 17.9 cm³/mol. The van der Waals surface area contributed by atoms with Crippen molar-refractivity contribution in [3.8, 4) is 0 Å². The van der Waals surface area contributed by atoms with E-state index in [1.807, 2.05) is 0 Å². The first kappa shape index (κ1) is 9.87. The predicted octanol–water partition coefficient (Wildman–Crippen LogP) is 0.481. The second-order valence-electron chi connectivity index (χ2n) is 0.747. The molecule has 0 aromatic rings. The average molecular weight is 241 g/mol. The zero-order valence-corrected chi connectivity index (χ0v) is 5.20. The van der Waals surface area contributed by atoms with Crippen molar-refractivity contribution in [3.63, 3.8) is 0 Å². The van der Waals surface area contributed by atoms with Crippen molar-refractivity contribution in [2.24, 2.45) is 0 Å². The van der Waals surface area contributed by atoms with Crippen molar-refractivity contribution in [3.05, 3.63) is 0 Å². The molecule has 2 nitrogen and oxygen atoms in total. The van der Waals surface area contributed by atoms with E-state index in [0.29, 0.717) is 0 Å². The minimum absolute atomic E-state index is 0. The Kier molecular flexibility index (Phi) is 9.40. The van der Waals surface area contributed by atoms with Crippen LogP contribution >= 0.6 is 0 Å². The molecule has 42 valence electrons. The molecule has 6 heavy (non-hydrogen) atoms. The minimum Gasteiger partial charge on any atom is -0.481 e. The molecule has 0 aliphatic rings. The third-order valence-electron chi connectivity index (χ3n) is 0.302. The van der Waals surface area contributed by atoms with E-state index in [9.17, 15) is 4.79 Å². The summed E-state index contributed by atoms with van der Waals surface area (Å²) in [5, 5.41) is 7.72. The Bertz CT molecular complexity index is 44.1. The van der Waals surface area contributed by atoms with E-state index in [4.69, 9.17) is 5.11 Å². The maximum Gasteiger partial charge on any atom is 0.303 e. The molecule has 0 unspecified atom stereocenters. The number of hydrogen-bond acceptors (Lipinski definition) is 1. The van der Waals surface area contributed by atoms with Gasteiger partial charge in [0.25, 0.3) is 0 Å². The van der Waals surface area contributed by atoms with Crippen molar-refractivity contribution in [2.75, 3.05) is 0 Å². The van der Waals surface area contributed by atoms with E-state index in [1.54, 1.807) is 6.92 Å². The third-order valence-corrected chi connectivity index (χ3v) is 0.302. The summed E-state index contributed by atoms with van der Waals surface area (Å²) in [6.45, 7) is 1.60. The fourth-order valence-corrected chi connectivity index (χ4v) is 0. The number of hydrogen-bond donors (Lipinski definition) is 1. The van der Waals surface area contributed by atoms with Gasteiger partial charge in [-0.1, -0.05) is 6.92 Å². The quantitative estimate of drug-likeness (QED) is 0.725. The van der Waals surface area contributed by atoms with E-state index >= 15 is 0 Å². The first-order valence-corrected chi connectivity index (χ1v) is 1.49. The summed E-state index contributed by atoms with van der Waals surface area (Å²) in [6, 6.07) is 0. The van der Waals surface area contributed by atoms with Crippen LogP contribution in [0.4, 0.5) is 0 Å². The van der Waals surface area contributed by atoms with Gasteiger partial charge >= 0.3 is 5.97 Å². The van der Waals surface area contributed by atoms with Crippen LogP contribution in [0.3, 0.4) is 0 Å². The Morgan fingerprint density at radius 3 is 2.00 bits per heavy atom. The molecule has 0 aromatic heterocycles. The summed E-state index contributed by atoms with van der Waals surface area (Å²) in [5.41, 5.74) is 0. The molecule has 0 aromatic carbocycles. The molecule has 0 atom stereocenters. The Balaban J connectivity index is 0. The molecule has 0 heterocycles. The molecule has 1 N–H and O–H groups in total. The first-order valence-electron chi connectivity index (χ1n) is 1.49. The summed E-state index contributed by atoms with van der Waals surface area (Å²) in [4.78, 5) is 9.37. The summed E-state index contributed by atoms with van der Waals surface area (Å²) >= 11 is 0. The Hall–Kier alpha value is 0.717. The maximum atomic E-state index is 9.37. The van der Waals surface area contributed by atoms with Gasteiger partial charge < -0.3 is 5.11 Å². The van der Waals surface area contributed by atoms with Crippen LogP contribution in [0.5, 0.6) is 0 Å². The smallest absolute Gasteiger partial charge is 0.303 e. The van der Waals surface area contributed by atoms with E-state index in [-0.39, 0.29) is 43.7 Å².